The summed E-state index contributed by atoms with van der Waals surface area (Å²) in [6, 6.07) is 9.74. The molecule has 1 fully saturated rings. The number of hydrogen-bond donors (Lipinski definition) is 1. The molecule has 0 radical (unpaired) electrons. The Bertz CT molecular complexity index is 808. The fraction of sp³-hybridized carbons (Fsp3) is 0.375. The number of nitrogens with one attached hydrogen (secondary N) is 1. The highest BCUT2D eigenvalue weighted by molar-refractivity contribution is 5.73. The number of ether oxygens (including phenoxy) is 2. The molecule has 0 aliphatic carbocycles. The lowest BCUT2D eigenvalue weighted by molar-refractivity contribution is -0.111. The van der Waals surface area contributed by atoms with Gasteiger partial charge in [0, 0.05) is 38.7 Å². The molecule has 0 unspecified atom stereocenters. The Hall–Kier alpha value is -2.58. The third kappa shape index (κ3) is 2.49. The van der Waals surface area contributed by atoms with Crippen molar-refractivity contribution in [3.63, 3.8) is 0 Å². The number of benzene rings is 1. The van der Waals surface area contributed by atoms with Crippen LogP contribution >= 0.6 is 0 Å². The van der Waals surface area contributed by atoms with Crippen LogP contribution in [0.1, 0.15) is 18.7 Å². The van der Waals surface area contributed by atoms with Gasteiger partial charge in [-0.1, -0.05) is 35.5 Å². The van der Waals surface area contributed by atoms with Crippen LogP contribution in [0.3, 0.4) is 0 Å². The monoisotopic (exact) mass is 327 g/mol. The zero-order chi connectivity index (χ0) is 16.4. The van der Waals surface area contributed by atoms with E-state index in [2.05, 4.69) is 25.6 Å². The number of H-pyrrole nitrogens is 1. The van der Waals surface area contributed by atoms with Gasteiger partial charge in [-0.25, -0.2) is 0 Å². The summed E-state index contributed by atoms with van der Waals surface area (Å²) in [5, 5.41) is 15.1. The average Bonchev–Trinajstić information content (AvgIpc) is 3.32. The number of hydrogen-bond acceptors (Lipinski definition) is 7. The van der Waals surface area contributed by atoms with E-state index in [1.807, 2.05) is 30.3 Å². The molecule has 0 bridgehead atoms. The average molecular weight is 327 g/mol. The molecule has 1 saturated heterocycles. The van der Waals surface area contributed by atoms with E-state index in [9.17, 15) is 0 Å². The second kappa shape index (κ2) is 6.14. The maximum Gasteiger partial charge on any atom is 0.259 e. The normalized spacial score (nSPS) is 17.0. The van der Waals surface area contributed by atoms with Crippen LogP contribution in [0.15, 0.2) is 34.9 Å². The van der Waals surface area contributed by atoms with Gasteiger partial charge in [-0.15, -0.1) is 0 Å². The maximum absolute atomic E-state index is 5.69. The minimum Gasteiger partial charge on any atom is -0.381 e. The van der Waals surface area contributed by atoms with Crippen molar-refractivity contribution in [1.82, 2.24) is 25.6 Å². The Labute approximate surface area is 138 Å². The maximum atomic E-state index is 5.69. The number of aromatic amines is 1. The van der Waals surface area contributed by atoms with Crippen LogP contribution in [0.2, 0.25) is 0 Å². The molecule has 1 N–H and O–H groups in total. The Balaban J connectivity index is 1.70. The van der Waals surface area contributed by atoms with Crippen molar-refractivity contribution in [3.8, 4) is 22.8 Å². The summed E-state index contributed by atoms with van der Waals surface area (Å²) in [6.07, 6.45) is 1.35. The molecule has 3 heterocycles. The Morgan fingerprint density at radius 2 is 1.83 bits per heavy atom. The van der Waals surface area contributed by atoms with Crippen molar-refractivity contribution in [2.45, 2.75) is 18.4 Å². The smallest absolute Gasteiger partial charge is 0.259 e. The predicted octanol–water partition coefficient (Wildman–Crippen LogP) is 2.17. The summed E-state index contributed by atoms with van der Waals surface area (Å²) in [5.74, 6) is 0.839. The zero-order valence-corrected chi connectivity index (χ0v) is 13.2. The first-order valence-electron chi connectivity index (χ1n) is 7.76. The largest absolute Gasteiger partial charge is 0.381 e. The topological polar surface area (TPSA) is 99.0 Å². The summed E-state index contributed by atoms with van der Waals surface area (Å²) in [6.45, 7) is 1.20. The highest BCUT2D eigenvalue weighted by Crippen LogP contribution is 2.36. The molecule has 0 saturated carbocycles. The van der Waals surface area contributed by atoms with Crippen LogP contribution in [0, 0.1) is 0 Å². The van der Waals surface area contributed by atoms with Crippen LogP contribution in [-0.4, -0.2) is 45.9 Å². The molecule has 3 aromatic rings. The molecular weight excluding hydrogens is 310 g/mol. The lowest BCUT2D eigenvalue weighted by Gasteiger charge is -2.32. The molecule has 0 amide bonds. The molecule has 124 valence electrons. The summed E-state index contributed by atoms with van der Waals surface area (Å²) in [4.78, 5) is 4.52. The van der Waals surface area contributed by atoms with Gasteiger partial charge in [-0.05, 0) is 0 Å². The number of methoxy groups -OCH3 is 1. The summed E-state index contributed by atoms with van der Waals surface area (Å²) >= 11 is 0. The van der Waals surface area contributed by atoms with Crippen molar-refractivity contribution in [3.05, 3.63) is 36.2 Å². The SMILES string of the molecule is COC1(c2nc(-c3n[nH]nc3-c3ccccc3)no2)CCOCC1. The first-order chi connectivity index (χ1) is 11.8. The van der Waals surface area contributed by atoms with Gasteiger partial charge in [0.25, 0.3) is 5.89 Å². The molecular formula is C16H17N5O3. The van der Waals surface area contributed by atoms with E-state index in [4.69, 9.17) is 14.0 Å². The minimum atomic E-state index is -0.597. The lowest BCUT2D eigenvalue weighted by atomic mass is 9.94. The highest BCUT2D eigenvalue weighted by Gasteiger charge is 2.40. The van der Waals surface area contributed by atoms with Gasteiger partial charge in [-0.2, -0.15) is 20.4 Å². The summed E-state index contributed by atoms with van der Waals surface area (Å²) < 4.78 is 16.6. The zero-order valence-electron chi connectivity index (χ0n) is 13.2. The molecule has 2 aromatic heterocycles. The van der Waals surface area contributed by atoms with E-state index in [1.54, 1.807) is 7.11 Å². The van der Waals surface area contributed by atoms with E-state index in [0.717, 1.165) is 5.56 Å². The van der Waals surface area contributed by atoms with Gasteiger partial charge >= 0.3 is 0 Å². The van der Waals surface area contributed by atoms with Crippen molar-refractivity contribution >= 4 is 0 Å². The van der Waals surface area contributed by atoms with E-state index in [1.165, 1.54) is 0 Å². The molecule has 24 heavy (non-hydrogen) atoms. The van der Waals surface area contributed by atoms with Crippen LogP contribution in [0.25, 0.3) is 22.8 Å². The molecule has 1 aliphatic rings. The van der Waals surface area contributed by atoms with E-state index < -0.39 is 5.60 Å². The summed E-state index contributed by atoms with van der Waals surface area (Å²) in [5.41, 5.74) is 1.57. The first-order valence-corrected chi connectivity index (χ1v) is 7.76. The van der Waals surface area contributed by atoms with Crippen molar-refractivity contribution < 1.29 is 14.0 Å². The molecule has 4 rings (SSSR count). The van der Waals surface area contributed by atoms with Crippen molar-refractivity contribution in [1.29, 1.82) is 0 Å². The van der Waals surface area contributed by atoms with Gasteiger partial charge in [0.05, 0.1) is 0 Å². The third-order valence-corrected chi connectivity index (χ3v) is 4.31. The highest BCUT2D eigenvalue weighted by atomic mass is 16.5. The fourth-order valence-corrected chi connectivity index (χ4v) is 2.90. The molecule has 1 aliphatic heterocycles. The Kier molecular flexibility index (Phi) is 3.83. The molecule has 8 nitrogen and oxygen atoms in total. The number of aromatic nitrogens is 5. The first kappa shape index (κ1) is 15.0. The Morgan fingerprint density at radius 3 is 2.58 bits per heavy atom. The lowest BCUT2D eigenvalue weighted by Crippen LogP contribution is -2.35. The second-order valence-electron chi connectivity index (χ2n) is 5.62. The molecule has 1 aromatic carbocycles. The molecule has 0 spiro atoms. The van der Waals surface area contributed by atoms with Crippen LogP contribution in [0.5, 0.6) is 0 Å². The van der Waals surface area contributed by atoms with E-state index in [0.29, 0.717) is 49.2 Å². The van der Waals surface area contributed by atoms with Gasteiger partial charge in [-0.3, -0.25) is 0 Å². The number of rotatable bonds is 4. The quantitative estimate of drug-likeness (QED) is 0.784. The van der Waals surface area contributed by atoms with Crippen LogP contribution < -0.4 is 0 Å². The fourth-order valence-electron chi connectivity index (χ4n) is 2.90. The third-order valence-electron chi connectivity index (χ3n) is 4.31. The van der Waals surface area contributed by atoms with Gasteiger partial charge in [0.1, 0.15) is 5.69 Å². The summed E-state index contributed by atoms with van der Waals surface area (Å²) in [7, 11) is 1.65. The van der Waals surface area contributed by atoms with Crippen LogP contribution in [-0.2, 0) is 15.1 Å². The predicted molar refractivity (Wildman–Crippen MR) is 83.9 cm³/mol. The minimum absolute atomic E-state index is 0.389. The van der Waals surface area contributed by atoms with Crippen molar-refractivity contribution in [2.24, 2.45) is 0 Å². The van der Waals surface area contributed by atoms with Crippen molar-refractivity contribution in [2.75, 3.05) is 20.3 Å². The second-order valence-corrected chi connectivity index (χ2v) is 5.62. The molecule has 0 atom stereocenters. The number of nitrogens with zero attached hydrogens (tertiary/aromatic N) is 4. The van der Waals surface area contributed by atoms with Crippen LogP contribution in [0.4, 0.5) is 0 Å². The van der Waals surface area contributed by atoms with Gasteiger partial charge in [0.2, 0.25) is 5.82 Å². The van der Waals surface area contributed by atoms with Gasteiger partial charge < -0.3 is 14.0 Å². The molecule has 8 heteroatoms. The standard InChI is InChI=1S/C16H17N5O3/c1-22-16(7-9-23-10-8-16)15-17-14(20-24-15)13-12(18-21-19-13)11-5-3-2-4-6-11/h2-6H,7-10H2,1H3,(H,18,19,21). The van der Waals surface area contributed by atoms with Gasteiger partial charge in [0.15, 0.2) is 11.3 Å². The van der Waals surface area contributed by atoms with E-state index >= 15 is 0 Å². The Morgan fingerprint density at radius 1 is 1.08 bits per heavy atom. The van der Waals surface area contributed by atoms with E-state index in [-0.39, 0.29) is 0 Å².